The number of amides is 1. The van der Waals surface area contributed by atoms with Crippen molar-refractivity contribution in [2.75, 3.05) is 0 Å². The van der Waals surface area contributed by atoms with Crippen molar-refractivity contribution < 1.29 is 4.79 Å². The van der Waals surface area contributed by atoms with Gasteiger partial charge in [0.15, 0.2) is 9.81 Å². The highest BCUT2D eigenvalue weighted by Gasteiger charge is 2.14. The Morgan fingerprint density at radius 1 is 1.20 bits per heavy atom. The molecule has 0 atom stereocenters. The molecule has 0 aliphatic heterocycles. The van der Waals surface area contributed by atoms with Crippen LogP contribution in [0.25, 0.3) is 20.4 Å². The van der Waals surface area contributed by atoms with E-state index >= 15 is 0 Å². The summed E-state index contributed by atoms with van der Waals surface area (Å²) in [6.45, 7) is 4.74. The lowest BCUT2D eigenvalue weighted by Gasteiger charge is -2.04. The van der Waals surface area contributed by atoms with Crippen molar-refractivity contribution in [1.82, 2.24) is 9.55 Å². The molecule has 0 aliphatic rings. The zero-order chi connectivity index (χ0) is 17.6. The molecule has 0 saturated carbocycles. The van der Waals surface area contributed by atoms with Gasteiger partial charge >= 0.3 is 5.91 Å². The maximum Gasteiger partial charge on any atom is 0.308 e. The number of carbonyl (C=O) groups is 1. The molecule has 0 N–H and O–H groups in total. The van der Waals surface area contributed by atoms with Gasteiger partial charge in [-0.2, -0.15) is 4.99 Å². The third kappa shape index (κ3) is 2.80. The van der Waals surface area contributed by atoms with E-state index in [0.29, 0.717) is 16.4 Å². The molecule has 0 bridgehead atoms. The Hall–Kier alpha value is -2.02. The smallest absolute Gasteiger partial charge is 0.308 e. The normalized spacial score (nSPS) is 12.4. The zero-order valence-electron chi connectivity index (χ0n) is 13.6. The Bertz CT molecular complexity index is 1150. The van der Waals surface area contributed by atoms with Crippen LogP contribution in [0.1, 0.15) is 22.3 Å². The van der Waals surface area contributed by atoms with Crippen molar-refractivity contribution in [3.05, 3.63) is 56.8 Å². The molecule has 0 aliphatic carbocycles. The largest absolute Gasteiger partial charge is 0.316 e. The molecule has 2 aromatic heterocycles. The van der Waals surface area contributed by atoms with Crippen molar-refractivity contribution in [2.24, 2.45) is 4.99 Å². The van der Waals surface area contributed by atoms with E-state index in [0.717, 1.165) is 31.0 Å². The van der Waals surface area contributed by atoms with E-state index in [1.807, 2.05) is 54.8 Å². The van der Waals surface area contributed by atoms with Crippen LogP contribution in [0.15, 0.2) is 41.4 Å². The Morgan fingerprint density at radius 2 is 2.00 bits per heavy atom. The second kappa shape index (κ2) is 6.37. The van der Waals surface area contributed by atoms with Gasteiger partial charge in [-0.3, -0.25) is 4.79 Å². The predicted molar refractivity (Wildman–Crippen MR) is 105 cm³/mol. The van der Waals surface area contributed by atoms with Crippen LogP contribution in [0.3, 0.4) is 0 Å². The van der Waals surface area contributed by atoms with Crippen molar-refractivity contribution >= 4 is 60.6 Å². The average molecular weight is 388 g/mol. The number of aryl methyl sites for hydroxylation is 2. The fraction of sp³-hybridized carbons (Fsp3) is 0.167. The summed E-state index contributed by atoms with van der Waals surface area (Å²) >= 11 is 9.12. The van der Waals surface area contributed by atoms with Crippen LogP contribution in [-0.4, -0.2) is 15.5 Å². The lowest BCUT2D eigenvalue weighted by atomic mass is 10.2. The number of para-hydroxylation sites is 1. The molecule has 7 heteroatoms. The van der Waals surface area contributed by atoms with Gasteiger partial charge in [0.1, 0.15) is 0 Å². The van der Waals surface area contributed by atoms with E-state index in [1.54, 1.807) is 0 Å². The quantitative estimate of drug-likeness (QED) is 0.484. The first-order valence-corrected chi connectivity index (χ1v) is 9.82. The van der Waals surface area contributed by atoms with Gasteiger partial charge in [-0.1, -0.05) is 35.1 Å². The first kappa shape index (κ1) is 16.4. The van der Waals surface area contributed by atoms with E-state index in [2.05, 4.69) is 9.98 Å². The number of hydrogen-bond acceptors (Lipinski definition) is 4. The third-order valence-electron chi connectivity index (χ3n) is 4.02. The fourth-order valence-corrected chi connectivity index (χ4v) is 4.95. The van der Waals surface area contributed by atoms with Crippen molar-refractivity contribution in [3.63, 3.8) is 0 Å². The molecule has 25 heavy (non-hydrogen) atoms. The van der Waals surface area contributed by atoms with Crippen LogP contribution in [-0.2, 0) is 6.54 Å². The van der Waals surface area contributed by atoms with Gasteiger partial charge in [0, 0.05) is 11.6 Å². The number of halogens is 1. The van der Waals surface area contributed by atoms with E-state index < -0.39 is 0 Å². The molecule has 0 fully saturated rings. The third-order valence-corrected chi connectivity index (χ3v) is 6.50. The van der Waals surface area contributed by atoms with Crippen molar-refractivity contribution in [3.8, 4) is 0 Å². The number of fused-ring (bicyclic) bond motifs is 2. The van der Waals surface area contributed by atoms with Crippen LogP contribution in [0.2, 0.25) is 5.02 Å². The van der Waals surface area contributed by atoms with Crippen molar-refractivity contribution in [1.29, 1.82) is 0 Å². The Balaban J connectivity index is 1.88. The SMILES string of the molecule is CCn1c(=NC(=O)c2nc3ccccc3s2)sc2ccc(Cl)c(C)c21. The maximum absolute atomic E-state index is 12.6. The number of aromatic nitrogens is 2. The van der Waals surface area contributed by atoms with E-state index in [1.165, 1.54) is 22.7 Å². The Labute approximate surface area is 157 Å². The Morgan fingerprint density at radius 3 is 2.76 bits per heavy atom. The molecule has 4 rings (SSSR count). The summed E-state index contributed by atoms with van der Waals surface area (Å²) in [6, 6.07) is 11.6. The molecule has 2 heterocycles. The number of benzene rings is 2. The molecular formula is C18H14ClN3OS2. The molecule has 0 radical (unpaired) electrons. The fourth-order valence-electron chi connectivity index (χ4n) is 2.79. The summed E-state index contributed by atoms with van der Waals surface area (Å²) in [4.78, 5) is 22.1. The summed E-state index contributed by atoms with van der Waals surface area (Å²) in [5, 5.41) is 1.13. The number of thiazole rings is 2. The first-order chi connectivity index (χ1) is 12.1. The number of rotatable bonds is 2. The molecule has 2 aromatic carbocycles. The van der Waals surface area contributed by atoms with Crippen LogP contribution < -0.4 is 4.80 Å². The standard InChI is InChI=1S/C18H14ClN3OS2/c1-3-22-15-10(2)11(19)8-9-14(15)25-18(22)21-16(23)17-20-12-6-4-5-7-13(12)24-17/h4-9H,3H2,1-2H3. The van der Waals surface area contributed by atoms with Gasteiger partial charge in [0.25, 0.3) is 0 Å². The number of hydrogen-bond donors (Lipinski definition) is 0. The number of carbonyl (C=O) groups excluding carboxylic acids is 1. The minimum absolute atomic E-state index is 0.307. The molecule has 0 saturated heterocycles. The van der Waals surface area contributed by atoms with E-state index in [9.17, 15) is 4.79 Å². The predicted octanol–water partition coefficient (Wildman–Crippen LogP) is 5.04. The summed E-state index contributed by atoms with van der Waals surface area (Å²) in [5.41, 5.74) is 2.87. The molecule has 4 aromatic rings. The molecule has 4 nitrogen and oxygen atoms in total. The average Bonchev–Trinajstić information content (AvgIpc) is 3.19. The van der Waals surface area contributed by atoms with Gasteiger partial charge in [-0.25, -0.2) is 4.98 Å². The van der Waals surface area contributed by atoms with Crippen LogP contribution in [0, 0.1) is 6.92 Å². The highest BCUT2D eigenvalue weighted by molar-refractivity contribution is 7.20. The lowest BCUT2D eigenvalue weighted by molar-refractivity contribution is 0.0997. The lowest BCUT2D eigenvalue weighted by Crippen LogP contribution is -2.16. The van der Waals surface area contributed by atoms with E-state index in [4.69, 9.17) is 11.6 Å². The van der Waals surface area contributed by atoms with Crippen molar-refractivity contribution in [2.45, 2.75) is 20.4 Å². The molecular weight excluding hydrogens is 374 g/mol. The minimum Gasteiger partial charge on any atom is -0.316 e. The van der Waals surface area contributed by atoms with Gasteiger partial charge in [0.05, 0.1) is 20.4 Å². The summed E-state index contributed by atoms with van der Waals surface area (Å²) in [6.07, 6.45) is 0. The summed E-state index contributed by atoms with van der Waals surface area (Å²) in [7, 11) is 0. The van der Waals surface area contributed by atoms with Gasteiger partial charge in [-0.15, -0.1) is 11.3 Å². The molecule has 0 unspecified atom stereocenters. The maximum atomic E-state index is 12.6. The van der Waals surface area contributed by atoms with Gasteiger partial charge in [-0.05, 0) is 43.7 Å². The van der Waals surface area contributed by atoms with Gasteiger partial charge in [0.2, 0.25) is 0 Å². The minimum atomic E-state index is -0.307. The molecule has 126 valence electrons. The molecule has 1 amide bonds. The summed E-state index contributed by atoms with van der Waals surface area (Å²) < 4.78 is 4.09. The topological polar surface area (TPSA) is 47.2 Å². The van der Waals surface area contributed by atoms with Gasteiger partial charge < -0.3 is 4.57 Å². The second-order valence-corrected chi connectivity index (χ2v) is 8.00. The highest BCUT2D eigenvalue weighted by Crippen LogP contribution is 2.27. The summed E-state index contributed by atoms with van der Waals surface area (Å²) in [5.74, 6) is -0.307. The Kier molecular flexibility index (Phi) is 4.19. The molecule has 0 spiro atoms. The second-order valence-electron chi connectivity index (χ2n) is 5.55. The van der Waals surface area contributed by atoms with Crippen LogP contribution >= 0.6 is 34.3 Å². The highest BCUT2D eigenvalue weighted by atomic mass is 35.5. The number of nitrogens with zero attached hydrogens (tertiary/aromatic N) is 3. The van der Waals surface area contributed by atoms with Crippen LogP contribution in [0.5, 0.6) is 0 Å². The van der Waals surface area contributed by atoms with Crippen LogP contribution in [0.4, 0.5) is 0 Å². The monoisotopic (exact) mass is 387 g/mol. The van der Waals surface area contributed by atoms with E-state index in [-0.39, 0.29) is 5.91 Å². The first-order valence-electron chi connectivity index (χ1n) is 7.81. The zero-order valence-corrected chi connectivity index (χ0v) is 16.0.